The molecule has 0 atom stereocenters. The number of hydrazone groups is 1. The Balaban J connectivity index is 1.47. The van der Waals surface area contributed by atoms with Gasteiger partial charge in [0, 0.05) is 25.2 Å². The van der Waals surface area contributed by atoms with Crippen molar-refractivity contribution >= 4 is 17.8 Å². The van der Waals surface area contributed by atoms with Gasteiger partial charge in [-0.1, -0.05) is 0 Å². The summed E-state index contributed by atoms with van der Waals surface area (Å²) in [5, 5.41) is 14.6. The smallest absolute Gasteiger partial charge is 0.287 e. The quantitative estimate of drug-likeness (QED) is 0.436. The minimum atomic E-state index is -0.523. The lowest BCUT2D eigenvalue weighted by Crippen LogP contribution is -2.42. The molecule has 1 amide bonds. The molecule has 1 aromatic carbocycles. The van der Waals surface area contributed by atoms with Gasteiger partial charge in [-0.05, 0) is 29.8 Å². The van der Waals surface area contributed by atoms with E-state index in [1.54, 1.807) is 24.3 Å². The van der Waals surface area contributed by atoms with Crippen LogP contribution in [0.1, 0.15) is 5.56 Å². The summed E-state index contributed by atoms with van der Waals surface area (Å²) < 4.78 is 10.8. The fourth-order valence-electron chi connectivity index (χ4n) is 2.46. The molecule has 0 radical (unpaired) electrons. The minimum Gasteiger partial charge on any atom is -0.439 e. The maximum Gasteiger partial charge on any atom is 0.287 e. The van der Waals surface area contributed by atoms with Crippen LogP contribution in [-0.2, 0) is 9.53 Å². The molecule has 2 aromatic rings. The van der Waals surface area contributed by atoms with Crippen LogP contribution in [-0.4, -0.2) is 59.8 Å². The first-order chi connectivity index (χ1) is 13.6. The molecule has 10 heteroatoms. The predicted molar refractivity (Wildman–Crippen MR) is 100 cm³/mol. The van der Waals surface area contributed by atoms with Crippen molar-refractivity contribution in [2.45, 2.75) is 0 Å². The molecule has 1 aromatic heterocycles. The van der Waals surface area contributed by atoms with Crippen LogP contribution in [0.3, 0.4) is 0 Å². The number of hydrogen-bond donors (Lipinski definition) is 1. The Morgan fingerprint density at radius 2 is 2.04 bits per heavy atom. The number of pyridine rings is 1. The van der Waals surface area contributed by atoms with Crippen LogP contribution >= 0.6 is 0 Å². The number of nitro groups is 1. The molecule has 1 aliphatic rings. The fraction of sp³-hybridized carbons (Fsp3) is 0.278. The monoisotopic (exact) mass is 385 g/mol. The normalized spacial score (nSPS) is 14.7. The third kappa shape index (κ3) is 5.83. The molecule has 10 nitrogen and oxygen atoms in total. The Kier molecular flexibility index (Phi) is 6.60. The standard InChI is InChI=1S/C18H19N5O5/c24-17(13-22-7-9-27-10-8-22)21-20-11-14-1-4-16(5-2-14)28-18-6-3-15(12-19-18)23(25)26/h1-6,11-12H,7-10,13H2,(H,21,24)/b20-11+. The second kappa shape index (κ2) is 9.53. The van der Waals surface area contributed by atoms with Gasteiger partial charge >= 0.3 is 0 Å². The number of rotatable bonds is 7. The molecular weight excluding hydrogens is 366 g/mol. The van der Waals surface area contributed by atoms with E-state index in [9.17, 15) is 14.9 Å². The van der Waals surface area contributed by atoms with E-state index in [2.05, 4.69) is 15.5 Å². The zero-order chi connectivity index (χ0) is 19.8. The molecule has 1 aliphatic heterocycles. The van der Waals surface area contributed by atoms with Crippen molar-refractivity contribution < 1.29 is 19.2 Å². The lowest BCUT2D eigenvalue weighted by molar-refractivity contribution is -0.385. The van der Waals surface area contributed by atoms with E-state index < -0.39 is 4.92 Å². The van der Waals surface area contributed by atoms with E-state index >= 15 is 0 Å². The van der Waals surface area contributed by atoms with Gasteiger partial charge in [-0.25, -0.2) is 10.4 Å². The van der Waals surface area contributed by atoms with E-state index in [-0.39, 0.29) is 24.0 Å². The zero-order valence-corrected chi connectivity index (χ0v) is 15.0. The summed E-state index contributed by atoms with van der Waals surface area (Å²) in [4.78, 5) is 27.8. The number of morpholine rings is 1. The summed E-state index contributed by atoms with van der Waals surface area (Å²) in [6.07, 6.45) is 2.67. The maximum absolute atomic E-state index is 11.8. The van der Waals surface area contributed by atoms with Gasteiger partial charge in [0.15, 0.2) is 0 Å². The Morgan fingerprint density at radius 3 is 2.68 bits per heavy atom. The van der Waals surface area contributed by atoms with Gasteiger partial charge in [-0.3, -0.25) is 19.8 Å². The fourth-order valence-corrected chi connectivity index (χ4v) is 2.46. The molecule has 1 saturated heterocycles. The molecule has 0 aliphatic carbocycles. The Labute approximate surface area is 160 Å². The predicted octanol–water partition coefficient (Wildman–Crippen LogP) is 1.56. The highest BCUT2D eigenvalue weighted by molar-refractivity contribution is 5.83. The summed E-state index contributed by atoms with van der Waals surface area (Å²) in [6, 6.07) is 9.69. The number of carbonyl (C=O) groups excluding carboxylic acids is 1. The first kappa shape index (κ1) is 19.4. The molecule has 0 bridgehead atoms. The van der Waals surface area contributed by atoms with E-state index in [0.29, 0.717) is 19.0 Å². The van der Waals surface area contributed by atoms with Crippen LogP contribution < -0.4 is 10.2 Å². The summed E-state index contributed by atoms with van der Waals surface area (Å²) in [5.74, 6) is 0.597. The molecule has 1 N–H and O–H groups in total. The highest BCUT2D eigenvalue weighted by atomic mass is 16.6. The van der Waals surface area contributed by atoms with Crippen molar-refractivity contribution in [2.24, 2.45) is 5.10 Å². The van der Waals surface area contributed by atoms with E-state index in [4.69, 9.17) is 9.47 Å². The summed E-state index contributed by atoms with van der Waals surface area (Å²) in [5.41, 5.74) is 3.17. The summed E-state index contributed by atoms with van der Waals surface area (Å²) >= 11 is 0. The highest BCUT2D eigenvalue weighted by Gasteiger charge is 2.13. The molecule has 28 heavy (non-hydrogen) atoms. The van der Waals surface area contributed by atoms with Gasteiger partial charge in [0.05, 0.1) is 30.9 Å². The lowest BCUT2D eigenvalue weighted by atomic mass is 10.2. The third-order valence-corrected chi connectivity index (χ3v) is 3.91. The van der Waals surface area contributed by atoms with Gasteiger partial charge in [-0.15, -0.1) is 0 Å². The zero-order valence-electron chi connectivity index (χ0n) is 15.0. The number of carbonyl (C=O) groups is 1. The number of hydrogen-bond acceptors (Lipinski definition) is 8. The summed E-state index contributed by atoms with van der Waals surface area (Å²) in [6.45, 7) is 3.04. The van der Waals surface area contributed by atoms with Crippen LogP contribution in [0.5, 0.6) is 11.6 Å². The molecule has 0 unspecified atom stereocenters. The lowest BCUT2D eigenvalue weighted by Gasteiger charge is -2.25. The number of nitrogens with one attached hydrogen (secondary N) is 1. The van der Waals surface area contributed by atoms with Crippen LogP contribution in [0.15, 0.2) is 47.7 Å². The second-order valence-electron chi connectivity index (χ2n) is 5.96. The van der Waals surface area contributed by atoms with Crippen molar-refractivity contribution in [3.63, 3.8) is 0 Å². The average molecular weight is 385 g/mol. The van der Waals surface area contributed by atoms with E-state index in [1.807, 2.05) is 4.90 Å². The van der Waals surface area contributed by atoms with Crippen molar-refractivity contribution in [1.82, 2.24) is 15.3 Å². The molecule has 1 fully saturated rings. The SMILES string of the molecule is O=C(CN1CCOCC1)N/N=C/c1ccc(Oc2ccc([N+](=O)[O-])cn2)cc1. The van der Waals surface area contributed by atoms with E-state index in [1.165, 1.54) is 18.3 Å². The third-order valence-electron chi connectivity index (χ3n) is 3.91. The van der Waals surface area contributed by atoms with Crippen molar-refractivity contribution in [3.05, 3.63) is 58.3 Å². The average Bonchev–Trinajstić information content (AvgIpc) is 2.70. The minimum absolute atomic E-state index is 0.102. The Bertz CT molecular complexity index is 832. The van der Waals surface area contributed by atoms with Crippen LogP contribution in [0, 0.1) is 10.1 Å². The van der Waals surface area contributed by atoms with Crippen molar-refractivity contribution in [2.75, 3.05) is 32.8 Å². The Morgan fingerprint density at radius 1 is 1.29 bits per heavy atom. The van der Waals surface area contributed by atoms with Crippen LogP contribution in [0.4, 0.5) is 5.69 Å². The van der Waals surface area contributed by atoms with Gasteiger partial charge in [0.1, 0.15) is 11.9 Å². The second-order valence-corrected chi connectivity index (χ2v) is 5.96. The number of nitrogens with zero attached hydrogens (tertiary/aromatic N) is 4. The van der Waals surface area contributed by atoms with Gasteiger partial charge < -0.3 is 9.47 Å². The first-order valence-corrected chi connectivity index (χ1v) is 8.60. The molecule has 0 saturated carbocycles. The molecule has 2 heterocycles. The topological polar surface area (TPSA) is 119 Å². The maximum atomic E-state index is 11.8. The Hall–Kier alpha value is -3.37. The number of amides is 1. The molecular formula is C18H19N5O5. The first-order valence-electron chi connectivity index (χ1n) is 8.60. The van der Waals surface area contributed by atoms with Gasteiger partial charge in [0.25, 0.3) is 11.6 Å². The summed E-state index contributed by atoms with van der Waals surface area (Å²) in [7, 11) is 0. The van der Waals surface area contributed by atoms with Crippen LogP contribution in [0.2, 0.25) is 0 Å². The van der Waals surface area contributed by atoms with Gasteiger partial charge in [0.2, 0.25) is 5.88 Å². The van der Waals surface area contributed by atoms with Crippen molar-refractivity contribution in [3.8, 4) is 11.6 Å². The molecule has 3 rings (SSSR count). The van der Waals surface area contributed by atoms with E-state index in [0.717, 1.165) is 24.8 Å². The molecule has 0 spiro atoms. The highest BCUT2D eigenvalue weighted by Crippen LogP contribution is 2.21. The molecule has 146 valence electrons. The van der Waals surface area contributed by atoms with Crippen LogP contribution in [0.25, 0.3) is 0 Å². The van der Waals surface area contributed by atoms with Gasteiger partial charge in [-0.2, -0.15) is 5.10 Å². The largest absolute Gasteiger partial charge is 0.439 e. The van der Waals surface area contributed by atoms with Crippen molar-refractivity contribution in [1.29, 1.82) is 0 Å². The number of benzene rings is 1. The number of aromatic nitrogens is 1. The number of ether oxygens (including phenoxy) is 2.